The predicted octanol–water partition coefficient (Wildman–Crippen LogP) is 2.43. The van der Waals surface area contributed by atoms with E-state index < -0.39 is 10.0 Å². The van der Waals surface area contributed by atoms with Gasteiger partial charge in [-0.3, -0.25) is 0 Å². The van der Waals surface area contributed by atoms with Crippen LogP contribution in [0, 0.1) is 12.8 Å². The molecule has 1 aromatic carbocycles. The molecule has 114 valence electrons. The highest BCUT2D eigenvalue weighted by atomic mass is 35.5. The molecule has 1 aliphatic heterocycles. The van der Waals surface area contributed by atoms with Crippen molar-refractivity contribution in [3.05, 3.63) is 28.8 Å². The molecule has 20 heavy (non-hydrogen) atoms. The average Bonchev–Trinajstić information content (AvgIpc) is 2.35. The molecular weight excluding hydrogens is 319 g/mol. The maximum atomic E-state index is 12.6. The first kappa shape index (κ1) is 17.7. The van der Waals surface area contributed by atoms with E-state index in [0.717, 1.165) is 0 Å². The molecule has 0 radical (unpaired) electrons. The fraction of sp³-hybridized carbons (Fsp3) is 0.538. The first-order chi connectivity index (χ1) is 8.82. The second-order valence-corrected chi connectivity index (χ2v) is 7.55. The number of benzene rings is 1. The highest BCUT2D eigenvalue weighted by molar-refractivity contribution is 7.89. The zero-order valence-corrected chi connectivity index (χ0v) is 13.9. The largest absolute Gasteiger partial charge is 0.327 e. The van der Waals surface area contributed by atoms with Crippen LogP contribution in [0.15, 0.2) is 23.1 Å². The van der Waals surface area contributed by atoms with Crippen LogP contribution in [0.2, 0.25) is 5.02 Å². The van der Waals surface area contributed by atoms with Gasteiger partial charge in [-0.2, -0.15) is 4.31 Å². The number of nitrogens with zero attached hydrogens (tertiary/aromatic N) is 1. The van der Waals surface area contributed by atoms with E-state index >= 15 is 0 Å². The van der Waals surface area contributed by atoms with Gasteiger partial charge in [-0.05, 0) is 37.0 Å². The van der Waals surface area contributed by atoms with Gasteiger partial charge in [-0.25, -0.2) is 8.42 Å². The summed E-state index contributed by atoms with van der Waals surface area (Å²) >= 11 is 5.91. The number of hydrogen-bond acceptors (Lipinski definition) is 3. The summed E-state index contributed by atoms with van der Waals surface area (Å²) in [5.74, 6) is 0.169. The van der Waals surface area contributed by atoms with Crippen molar-refractivity contribution in [2.75, 3.05) is 13.1 Å². The van der Waals surface area contributed by atoms with Gasteiger partial charge in [0.05, 0.1) is 4.90 Å². The third-order valence-electron chi connectivity index (χ3n) is 3.70. The van der Waals surface area contributed by atoms with Gasteiger partial charge in [-0.1, -0.05) is 24.6 Å². The summed E-state index contributed by atoms with van der Waals surface area (Å²) in [7, 11) is -3.48. The Bertz CT molecular complexity index is 578. The molecule has 4 nitrogen and oxygen atoms in total. The topological polar surface area (TPSA) is 63.4 Å². The Labute approximate surface area is 131 Å². The molecule has 0 saturated carbocycles. The molecule has 0 amide bonds. The zero-order valence-electron chi connectivity index (χ0n) is 11.5. The van der Waals surface area contributed by atoms with E-state index in [-0.39, 0.29) is 24.4 Å². The van der Waals surface area contributed by atoms with Crippen molar-refractivity contribution < 1.29 is 8.42 Å². The number of sulfonamides is 1. The van der Waals surface area contributed by atoms with Gasteiger partial charge in [0.15, 0.2) is 0 Å². The van der Waals surface area contributed by atoms with Gasteiger partial charge in [0.1, 0.15) is 0 Å². The third kappa shape index (κ3) is 3.46. The number of hydrogen-bond donors (Lipinski definition) is 1. The van der Waals surface area contributed by atoms with Crippen LogP contribution in [0.3, 0.4) is 0 Å². The minimum absolute atomic E-state index is 0. The fourth-order valence-corrected chi connectivity index (χ4v) is 4.38. The highest BCUT2D eigenvalue weighted by Gasteiger charge is 2.32. The minimum Gasteiger partial charge on any atom is -0.327 e. The Hall–Kier alpha value is -0.330. The Morgan fingerprint density at radius 3 is 2.65 bits per heavy atom. The van der Waals surface area contributed by atoms with Crippen LogP contribution >= 0.6 is 24.0 Å². The van der Waals surface area contributed by atoms with Gasteiger partial charge in [0.25, 0.3) is 0 Å². The molecule has 0 bridgehead atoms. The molecular formula is C13H20Cl2N2O2S. The fourth-order valence-electron chi connectivity index (χ4n) is 2.33. The van der Waals surface area contributed by atoms with Crippen LogP contribution < -0.4 is 5.73 Å². The average molecular weight is 339 g/mol. The normalized spacial score (nSPS) is 24.2. The Morgan fingerprint density at radius 2 is 2.05 bits per heavy atom. The molecule has 2 unspecified atom stereocenters. The maximum Gasteiger partial charge on any atom is 0.243 e. The van der Waals surface area contributed by atoms with Gasteiger partial charge in [0.2, 0.25) is 10.0 Å². The van der Waals surface area contributed by atoms with Crippen molar-refractivity contribution in [3.63, 3.8) is 0 Å². The van der Waals surface area contributed by atoms with Crippen molar-refractivity contribution in [1.29, 1.82) is 0 Å². The molecule has 0 spiro atoms. The smallest absolute Gasteiger partial charge is 0.243 e. The Balaban J connectivity index is 0.00000200. The molecule has 1 heterocycles. The van der Waals surface area contributed by atoms with Gasteiger partial charge in [0, 0.05) is 24.2 Å². The monoisotopic (exact) mass is 338 g/mol. The Morgan fingerprint density at radius 1 is 1.40 bits per heavy atom. The second kappa shape index (κ2) is 6.62. The van der Waals surface area contributed by atoms with Crippen LogP contribution in [0.5, 0.6) is 0 Å². The standard InChI is InChI=1S/C13H19ClN2O2S.ClH/c1-9-3-4-11(14)7-13(9)19(17,18)16-6-5-12(15)10(2)8-16;/h3-4,7,10,12H,5-6,8,15H2,1-2H3;1H. The van der Waals surface area contributed by atoms with Crippen molar-refractivity contribution in [1.82, 2.24) is 4.31 Å². The van der Waals surface area contributed by atoms with E-state index in [1.165, 1.54) is 10.4 Å². The molecule has 2 atom stereocenters. The predicted molar refractivity (Wildman–Crippen MR) is 84.0 cm³/mol. The zero-order chi connectivity index (χ0) is 14.2. The number of rotatable bonds is 2. The second-order valence-electron chi connectivity index (χ2n) is 5.20. The lowest BCUT2D eigenvalue weighted by Gasteiger charge is -2.34. The van der Waals surface area contributed by atoms with E-state index in [0.29, 0.717) is 35.0 Å². The van der Waals surface area contributed by atoms with E-state index in [4.69, 9.17) is 17.3 Å². The summed E-state index contributed by atoms with van der Waals surface area (Å²) in [5, 5.41) is 0.436. The van der Waals surface area contributed by atoms with E-state index in [1.807, 2.05) is 6.92 Å². The summed E-state index contributed by atoms with van der Waals surface area (Å²) in [6.45, 7) is 4.70. The van der Waals surface area contributed by atoms with Gasteiger partial charge in [-0.15, -0.1) is 12.4 Å². The van der Waals surface area contributed by atoms with Crippen LogP contribution in [0.4, 0.5) is 0 Å². The van der Waals surface area contributed by atoms with E-state index in [1.54, 1.807) is 19.1 Å². The molecule has 1 aliphatic rings. The molecule has 1 fully saturated rings. The molecule has 2 rings (SSSR count). The van der Waals surface area contributed by atoms with Crippen molar-refractivity contribution >= 4 is 34.0 Å². The summed E-state index contributed by atoms with van der Waals surface area (Å²) in [6, 6.07) is 5.02. The first-order valence-corrected chi connectivity index (χ1v) is 8.16. The molecule has 2 N–H and O–H groups in total. The first-order valence-electron chi connectivity index (χ1n) is 6.34. The summed E-state index contributed by atoms with van der Waals surface area (Å²) in [5.41, 5.74) is 6.65. The number of nitrogens with two attached hydrogens (primary N) is 1. The molecule has 1 saturated heterocycles. The highest BCUT2D eigenvalue weighted by Crippen LogP contribution is 2.27. The SMILES string of the molecule is Cc1ccc(Cl)cc1S(=O)(=O)N1CCC(N)C(C)C1.Cl. The lowest BCUT2D eigenvalue weighted by molar-refractivity contribution is 0.250. The number of aryl methyl sites for hydroxylation is 1. The van der Waals surface area contributed by atoms with Gasteiger partial charge >= 0.3 is 0 Å². The third-order valence-corrected chi connectivity index (χ3v) is 5.94. The van der Waals surface area contributed by atoms with Crippen LogP contribution in [0.25, 0.3) is 0 Å². The minimum atomic E-state index is -3.48. The summed E-state index contributed by atoms with van der Waals surface area (Å²) in [6.07, 6.45) is 0.694. The maximum absolute atomic E-state index is 12.6. The van der Waals surface area contributed by atoms with Crippen LogP contribution in [-0.4, -0.2) is 31.9 Å². The van der Waals surface area contributed by atoms with Gasteiger partial charge < -0.3 is 5.73 Å². The molecule has 0 aliphatic carbocycles. The lowest BCUT2D eigenvalue weighted by atomic mass is 9.96. The van der Waals surface area contributed by atoms with E-state index in [2.05, 4.69) is 0 Å². The summed E-state index contributed by atoms with van der Waals surface area (Å²) in [4.78, 5) is 0.294. The van der Waals surface area contributed by atoms with Crippen molar-refractivity contribution in [2.45, 2.75) is 31.2 Å². The Kier molecular flexibility index (Phi) is 5.87. The quantitative estimate of drug-likeness (QED) is 0.900. The number of halogens is 2. The van der Waals surface area contributed by atoms with E-state index in [9.17, 15) is 8.42 Å². The van der Waals surface area contributed by atoms with Crippen LogP contribution in [0.1, 0.15) is 18.9 Å². The van der Waals surface area contributed by atoms with Crippen LogP contribution in [-0.2, 0) is 10.0 Å². The van der Waals surface area contributed by atoms with Crippen molar-refractivity contribution in [2.24, 2.45) is 11.7 Å². The molecule has 7 heteroatoms. The molecule has 0 aromatic heterocycles. The lowest BCUT2D eigenvalue weighted by Crippen LogP contribution is -2.48. The molecule has 1 aromatic rings. The van der Waals surface area contributed by atoms with Crippen molar-refractivity contribution in [3.8, 4) is 0 Å². The number of piperidine rings is 1. The summed E-state index contributed by atoms with van der Waals surface area (Å²) < 4.78 is 26.8.